The number of para-hydroxylation sites is 3. The van der Waals surface area contributed by atoms with Crippen LogP contribution in [-0.4, -0.2) is 47.4 Å². The molecule has 2 heterocycles. The van der Waals surface area contributed by atoms with Gasteiger partial charge in [0, 0.05) is 18.9 Å². The summed E-state index contributed by atoms with van der Waals surface area (Å²) in [5.74, 6) is 2.98. The Morgan fingerprint density at radius 2 is 1.87 bits per heavy atom. The zero-order valence-electron chi connectivity index (χ0n) is 17.3. The fourth-order valence-electron chi connectivity index (χ4n) is 3.73. The van der Waals surface area contributed by atoms with E-state index in [9.17, 15) is 4.79 Å². The molecule has 5 rings (SSSR count). The Labute approximate surface area is 180 Å². The molecule has 1 saturated heterocycles. The number of anilines is 1. The van der Waals surface area contributed by atoms with Gasteiger partial charge in [0.25, 0.3) is 5.89 Å². The highest BCUT2D eigenvalue weighted by Gasteiger charge is 2.31. The third-order valence-corrected chi connectivity index (χ3v) is 5.58. The van der Waals surface area contributed by atoms with Gasteiger partial charge in [-0.15, -0.1) is 0 Å². The zero-order chi connectivity index (χ0) is 21.2. The van der Waals surface area contributed by atoms with E-state index in [4.69, 9.17) is 14.0 Å². The van der Waals surface area contributed by atoms with E-state index in [0.717, 1.165) is 30.7 Å². The summed E-state index contributed by atoms with van der Waals surface area (Å²) in [5, 5.41) is 7.02. The number of likely N-dealkylation sites (tertiary alicyclic amines) is 1. The van der Waals surface area contributed by atoms with Crippen LogP contribution in [-0.2, 0) is 0 Å². The Balaban J connectivity index is 1.24. The lowest BCUT2D eigenvalue weighted by molar-refractivity contribution is 0.195. The molecule has 1 aliphatic carbocycles. The van der Waals surface area contributed by atoms with Gasteiger partial charge in [-0.3, -0.25) is 0 Å². The van der Waals surface area contributed by atoms with E-state index in [1.807, 2.05) is 48.5 Å². The highest BCUT2D eigenvalue weighted by molar-refractivity contribution is 5.91. The van der Waals surface area contributed by atoms with Gasteiger partial charge in [-0.2, -0.15) is 4.98 Å². The van der Waals surface area contributed by atoms with Crippen molar-refractivity contribution in [3.8, 4) is 23.0 Å². The Morgan fingerprint density at radius 1 is 1.10 bits per heavy atom. The van der Waals surface area contributed by atoms with Crippen molar-refractivity contribution < 1.29 is 18.8 Å². The average molecular weight is 420 g/mol. The molecule has 1 aliphatic heterocycles. The van der Waals surface area contributed by atoms with E-state index in [-0.39, 0.29) is 12.1 Å². The Hall–Kier alpha value is -3.55. The van der Waals surface area contributed by atoms with Crippen LogP contribution in [0.4, 0.5) is 10.5 Å². The van der Waals surface area contributed by atoms with Crippen LogP contribution in [0.25, 0.3) is 11.5 Å². The molecule has 1 atom stereocenters. The second-order valence-corrected chi connectivity index (χ2v) is 7.83. The molecule has 2 fully saturated rings. The van der Waals surface area contributed by atoms with Crippen molar-refractivity contribution in [2.24, 2.45) is 0 Å². The maximum Gasteiger partial charge on any atom is 0.322 e. The number of ether oxygens (including phenoxy) is 2. The number of aromatic nitrogens is 2. The maximum atomic E-state index is 12.7. The fraction of sp³-hybridized carbons (Fsp3) is 0.348. The second kappa shape index (κ2) is 8.29. The minimum absolute atomic E-state index is 0.115. The molecule has 1 saturated carbocycles. The molecule has 0 spiro atoms. The van der Waals surface area contributed by atoms with E-state index in [0.29, 0.717) is 42.1 Å². The first-order valence-electron chi connectivity index (χ1n) is 10.5. The highest BCUT2D eigenvalue weighted by atomic mass is 16.5. The summed E-state index contributed by atoms with van der Waals surface area (Å²) in [7, 11) is 1.58. The summed E-state index contributed by atoms with van der Waals surface area (Å²) in [6.45, 7) is 1.10. The summed E-state index contributed by atoms with van der Waals surface area (Å²) in [6, 6.07) is 14.8. The van der Waals surface area contributed by atoms with E-state index in [1.165, 1.54) is 0 Å². The van der Waals surface area contributed by atoms with Gasteiger partial charge in [0.1, 0.15) is 17.6 Å². The lowest BCUT2D eigenvalue weighted by Crippen LogP contribution is -2.34. The van der Waals surface area contributed by atoms with Crippen LogP contribution >= 0.6 is 0 Å². The van der Waals surface area contributed by atoms with Crippen molar-refractivity contribution in [3.63, 3.8) is 0 Å². The minimum Gasteiger partial charge on any atom is -0.495 e. The standard InChI is InChI=1S/C23H24N4O4/c1-29-20-9-5-3-7-18(20)24-23(28)27-13-12-16(14-27)30-19-8-4-2-6-17(19)22-25-21(26-31-22)15-10-11-15/h2-9,15-16H,10-14H2,1H3,(H,24,28). The summed E-state index contributed by atoms with van der Waals surface area (Å²) >= 11 is 0. The van der Waals surface area contributed by atoms with Crippen LogP contribution in [0.15, 0.2) is 53.1 Å². The van der Waals surface area contributed by atoms with Gasteiger partial charge in [-0.1, -0.05) is 29.4 Å². The van der Waals surface area contributed by atoms with Gasteiger partial charge in [0.15, 0.2) is 5.82 Å². The molecule has 1 aromatic heterocycles. The quantitative estimate of drug-likeness (QED) is 0.639. The Bertz CT molecular complexity index is 1080. The van der Waals surface area contributed by atoms with Crippen LogP contribution in [0.1, 0.15) is 31.0 Å². The second-order valence-electron chi connectivity index (χ2n) is 7.83. The van der Waals surface area contributed by atoms with Crippen molar-refractivity contribution >= 4 is 11.7 Å². The third-order valence-electron chi connectivity index (χ3n) is 5.58. The number of nitrogens with zero attached hydrogens (tertiary/aromatic N) is 3. The van der Waals surface area contributed by atoms with E-state index in [2.05, 4.69) is 15.5 Å². The highest BCUT2D eigenvalue weighted by Crippen LogP contribution is 2.40. The van der Waals surface area contributed by atoms with E-state index < -0.39 is 0 Å². The topological polar surface area (TPSA) is 89.7 Å². The number of hydrogen-bond donors (Lipinski definition) is 1. The fourth-order valence-corrected chi connectivity index (χ4v) is 3.73. The predicted molar refractivity (Wildman–Crippen MR) is 114 cm³/mol. The summed E-state index contributed by atoms with van der Waals surface area (Å²) in [5.41, 5.74) is 1.42. The van der Waals surface area contributed by atoms with Gasteiger partial charge in [-0.25, -0.2) is 4.79 Å². The lowest BCUT2D eigenvalue weighted by atomic mass is 10.2. The normalized spacial score (nSPS) is 18.1. The number of amides is 2. The summed E-state index contributed by atoms with van der Waals surface area (Å²) < 4.78 is 17.0. The van der Waals surface area contributed by atoms with Crippen LogP contribution in [0.3, 0.4) is 0 Å². The molecule has 0 bridgehead atoms. The minimum atomic E-state index is -0.171. The molecule has 31 heavy (non-hydrogen) atoms. The molecular formula is C23H24N4O4. The van der Waals surface area contributed by atoms with Crippen molar-refractivity contribution in [1.29, 1.82) is 0 Å². The zero-order valence-corrected chi connectivity index (χ0v) is 17.3. The lowest BCUT2D eigenvalue weighted by Gasteiger charge is -2.19. The summed E-state index contributed by atoms with van der Waals surface area (Å²) in [6.07, 6.45) is 2.86. The monoisotopic (exact) mass is 420 g/mol. The number of benzene rings is 2. The Kier molecular flexibility index (Phi) is 5.19. The number of carbonyl (C=O) groups excluding carboxylic acids is 1. The molecule has 1 unspecified atom stereocenters. The van der Waals surface area contributed by atoms with Gasteiger partial charge in [-0.05, 0) is 37.1 Å². The SMILES string of the molecule is COc1ccccc1NC(=O)N1CCC(Oc2ccccc2-c2nc(C3CC3)no2)C1. The molecule has 0 radical (unpaired) electrons. The van der Waals surface area contributed by atoms with Crippen LogP contribution < -0.4 is 14.8 Å². The van der Waals surface area contributed by atoms with Gasteiger partial charge in [0.05, 0.1) is 24.9 Å². The van der Waals surface area contributed by atoms with Crippen molar-refractivity contribution in [2.75, 3.05) is 25.5 Å². The van der Waals surface area contributed by atoms with Crippen LogP contribution in [0, 0.1) is 0 Å². The van der Waals surface area contributed by atoms with Crippen LogP contribution in [0.2, 0.25) is 0 Å². The first-order chi connectivity index (χ1) is 15.2. The molecule has 2 aromatic carbocycles. The molecule has 3 aromatic rings. The van der Waals surface area contributed by atoms with Gasteiger partial charge in [0.2, 0.25) is 0 Å². The van der Waals surface area contributed by atoms with Crippen LogP contribution in [0.5, 0.6) is 11.5 Å². The number of nitrogens with one attached hydrogen (secondary N) is 1. The average Bonchev–Trinajstić information content (AvgIpc) is 3.34. The van der Waals surface area contributed by atoms with E-state index in [1.54, 1.807) is 12.0 Å². The largest absolute Gasteiger partial charge is 0.495 e. The molecule has 1 N–H and O–H groups in total. The smallest absolute Gasteiger partial charge is 0.322 e. The number of hydrogen-bond acceptors (Lipinski definition) is 6. The Morgan fingerprint density at radius 3 is 2.68 bits per heavy atom. The number of carbonyl (C=O) groups is 1. The predicted octanol–water partition coefficient (Wildman–Crippen LogP) is 4.31. The van der Waals surface area contributed by atoms with E-state index >= 15 is 0 Å². The molecule has 8 nitrogen and oxygen atoms in total. The summed E-state index contributed by atoms with van der Waals surface area (Å²) in [4.78, 5) is 19.0. The maximum absolute atomic E-state index is 12.7. The van der Waals surface area contributed by atoms with Gasteiger partial charge >= 0.3 is 6.03 Å². The van der Waals surface area contributed by atoms with Crippen molar-refractivity contribution in [2.45, 2.75) is 31.3 Å². The van der Waals surface area contributed by atoms with Crippen molar-refractivity contribution in [1.82, 2.24) is 15.0 Å². The molecule has 2 aliphatic rings. The van der Waals surface area contributed by atoms with Gasteiger partial charge < -0.3 is 24.2 Å². The molecule has 2 amide bonds. The third kappa shape index (κ3) is 4.19. The first-order valence-corrected chi connectivity index (χ1v) is 10.5. The molecule has 8 heteroatoms. The van der Waals surface area contributed by atoms with Crippen molar-refractivity contribution in [3.05, 3.63) is 54.4 Å². The first kappa shape index (κ1) is 19.4. The number of urea groups is 1. The number of methoxy groups -OCH3 is 1. The molecule has 160 valence electrons. The molecular weight excluding hydrogens is 396 g/mol. The number of rotatable bonds is 6.